The van der Waals surface area contributed by atoms with Crippen molar-refractivity contribution in [1.29, 1.82) is 0 Å². The molecule has 0 spiro atoms. The molecule has 0 aliphatic carbocycles. The lowest BCUT2D eigenvalue weighted by Gasteiger charge is -2.10. The van der Waals surface area contributed by atoms with Gasteiger partial charge in [0.05, 0.1) is 13.7 Å². The molecule has 2 rings (SSSR count). The first-order valence-electron chi connectivity index (χ1n) is 8.43. The van der Waals surface area contributed by atoms with Gasteiger partial charge in [-0.2, -0.15) is 0 Å². The molecule has 2 N–H and O–H groups in total. The summed E-state index contributed by atoms with van der Waals surface area (Å²) in [6, 6.07) is 14.3. The molecule has 0 fully saturated rings. The number of rotatable bonds is 9. The number of carbonyl (C=O) groups is 2. The predicted octanol–water partition coefficient (Wildman–Crippen LogP) is 2.04. The normalized spacial score (nSPS) is 10.2. The van der Waals surface area contributed by atoms with Gasteiger partial charge in [0.2, 0.25) is 0 Å². The minimum absolute atomic E-state index is 0.216. The second kappa shape index (κ2) is 10.2. The molecule has 0 unspecified atom stereocenters. The van der Waals surface area contributed by atoms with Gasteiger partial charge in [0.1, 0.15) is 5.75 Å². The van der Waals surface area contributed by atoms with Crippen LogP contribution >= 0.6 is 0 Å². The molecular weight excluding hydrogens is 332 g/mol. The van der Waals surface area contributed by atoms with Crippen LogP contribution in [0.15, 0.2) is 48.5 Å². The van der Waals surface area contributed by atoms with Crippen LogP contribution in [0.1, 0.15) is 26.3 Å². The average molecular weight is 356 g/mol. The number of hydrogen-bond donors (Lipinski definition) is 2. The smallest absolute Gasteiger partial charge is 0.251 e. The Morgan fingerprint density at radius 2 is 1.54 bits per heavy atom. The van der Waals surface area contributed by atoms with E-state index in [1.807, 2.05) is 24.3 Å². The Bertz CT molecular complexity index is 746. The molecule has 2 aromatic rings. The van der Waals surface area contributed by atoms with E-state index in [0.29, 0.717) is 37.2 Å². The van der Waals surface area contributed by atoms with Gasteiger partial charge in [0, 0.05) is 31.3 Å². The Morgan fingerprint density at radius 1 is 0.885 bits per heavy atom. The fourth-order valence-electron chi connectivity index (χ4n) is 2.49. The summed E-state index contributed by atoms with van der Waals surface area (Å²) in [7, 11) is 3.20. The molecule has 6 heteroatoms. The van der Waals surface area contributed by atoms with Crippen LogP contribution in [0.3, 0.4) is 0 Å². The van der Waals surface area contributed by atoms with E-state index in [-0.39, 0.29) is 11.8 Å². The van der Waals surface area contributed by atoms with Gasteiger partial charge in [-0.1, -0.05) is 24.3 Å². The molecule has 6 nitrogen and oxygen atoms in total. The quantitative estimate of drug-likeness (QED) is 0.674. The molecule has 0 aromatic heterocycles. The average Bonchev–Trinajstić information content (AvgIpc) is 2.68. The van der Waals surface area contributed by atoms with Gasteiger partial charge in [-0.05, 0) is 36.2 Å². The number of amides is 2. The fraction of sp³-hybridized carbons (Fsp3) is 0.300. The zero-order valence-corrected chi connectivity index (χ0v) is 15.1. The van der Waals surface area contributed by atoms with Crippen molar-refractivity contribution in [2.45, 2.75) is 6.42 Å². The van der Waals surface area contributed by atoms with E-state index < -0.39 is 0 Å². The number of para-hydroxylation sites is 1. The van der Waals surface area contributed by atoms with Crippen LogP contribution in [0, 0.1) is 0 Å². The predicted molar refractivity (Wildman–Crippen MR) is 99.7 cm³/mol. The molecule has 138 valence electrons. The topological polar surface area (TPSA) is 76.7 Å². The van der Waals surface area contributed by atoms with Crippen molar-refractivity contribution in [2.24, 2.45) is 0 Å². The summed E-state index contributed by atoms with van der Waals surface area (Å²) < 4.78 is 10.2. The molecule has 0 saturated carbocycles. The van der Waals surface area contributed by atoms with Crippen molar-refractivity contribution in [3.05, 3.63) is 65.2 Å². The number of benzene rings is 2. The molecule has 0 aliphatic rings. The zero-order chi connectivity index (χ0) is 18.8. The first kappa shape index (κ1) is 19.5. The molecule has 0 saturated heterocycles. The molecular formula is C20H24N2O4. The third kappa shape index (κ3) is 5.60. The van der Waals surface area contributed by atoms with Gasteiger partial charge in [-0.3, -0.25) is 9.59 Å². The van der Waals surface area contributed by atoms with E-state index in [1.54, 1.807) is 38.5 Å². The van der Waals surface area contributed by atoms with Crippen molar-refractivity contribution < 1.29 is 19.1 Å². The molecule has 0 atom stereocenters. The highest BCUT2D eigenvalue weighted by Gasteiger charge is 2.10. The van der Waals surface area contributed by atoms with E-state index in [1.165, 1.54) is 0 Å². The monoisotopic (exact) mass is 356 g/mol. The lowest BCUT2D eigenvalue weighted by molar-refractivity contribution is 0.0937. The van der Waals surface area contributed by atoms with E-state index in [2.05, 4.69) is 10.6 Å². The molecule has 0 bridgehead atoms. The summed E-state index contributed by atoms with van der Waals surface area (Å²) in [5, 5.41) is 5.60. The molecule has 26 heavy (non-hydrogen) atoms. The Balaban J connectivity index is 1.91. The van der Waals surface area contributed by atoms with Crippen molar-refractivity contribution in [3.63, 3.8) is 0 Å². The van der Waals surface area contributed by atoms with Crippen LogP contribution in [-0.4, -0.2) is 45.7 Å². The SMILES string of the molecule is COCCNC(=O)c1cccc(C(=O)NCCc2ccccc2OC)c1. The Labute approximate surface area is 153 Å². The Kier molecular flexibility index (Phi) is 7.64. The highest BCUT2D eigenvalue weighted by molar-refractivity contribution is 5.99. The number of carbonyl (C=O) groups excluding carboxylic acids is 2. The van der Waals surface area contributed by atoms with Gasteiger partial charge in [0.15, 0.2) is 0 Å². The van der Waals surface area contributed by atoms with Gasteiger partial charge in [-0.15, -0.1) is 0 Å². The summed E-state index contributed by atoms with van der Waals surface area (Å²) >= 11 is 0. The summed E-state index contributed by atoms with van der Waals surface area (Å²) in [6.45, 7) is 1.34. The van der Waals surface area contributed by atoms with Crippen molar-refractivity contribution in [2.75, 3.05) is 33.9 Å². The Hall–Kier alpha value is -2.86. The fourth-order valence-corrected chi connectivity index (χ4v) is 2.49. The van der Waals surface area contributed by atoms with Gasteiger partial charge >= 0.3 is 0 Å². The third-order valence-corrected chi connectivity index (χ3v) is 3.85. The largest absolute Gasteiger partial charge is 0.496 e. The summed E-state index contributed by atoms with van der Waals surface area (Å²) in [6.07, 6.45) is 0.660. The summed E-state index contributed by atoms with van der Waals surface area (Å²) in [5.41, 5.74) is 1.92. The number of nitrogens with one attached hydrogen (secondary N) is 2. The van der Waals surface area contributed by atoms with Crippen molar-refractivity contribution in [1.82, 2.24) is 10.6 Å². The number of hydrogen-bond acceptors (Lipinski definition) is 4. The van der Waals surface area contributed by atoms with Crippen LogP contribution in [-0.2, 0) is 11.2 Å². The van der Waals surface area contributed by atoms with Crippen LogP contribution in [0.25, 0.3) is 0 Å². The van der Waals surface area contributed by atoms with Crippen LogP contribution < -0.4 is 15.4 Å². The van der Waals surface area contributed by atoms with E-state index >= 15 is 0 Å². The molecule has 2 aromatic carbocycles. The van der Waals surface area contributed by atoms with E-state index in [4.69, 9.17) is 9.47 Å². The minimum Gasteiger partial charge on any atom is -0.496 e. The van der Waals surface area contributed by atoms with Gasteiger partial charge in [-0.25, -0.2) is 0 Å². The van der Waals surface area contributed by atoms with Crippen LogP contribution in [0.2, 0.25) is 0 Å². The maximum Gasteiger partial charge on any atom is 0.251 e. The third-order valence-electron chi connectivity index (χ3n) is 3.85. The molecule has 0 heterocycles. The maximum absolute atomic E-state index is 12.3. The minimum atomic E-state index is -0.231. The van der Waals surface area contributed by atoms with E-state index in [0.717, 1.165) is 11.3 Å². The number of ether oxygens (including phenoxy) is 2. The van der Waals surface area contributed by atoms with Crippen LogP contribution in [0.5, 0.6) is 5.75 Å². The van der Waals surface area contributed by atoms with Crippen molar-refractivity contribution >= 4 is 11.8 Å². The second-order valence-corrected chi connectivity index (χ2v) is 5.65. The van der Waals surface area contributed by atoms with E-state index in [9.17, 15) is 9.59 Å². The lowest BCUT2D eigenvalue weighted by Crippen LogP contribution is -2.28. The highest BCUT2D eigenvalue weighted by atomic mass is 16.5. The first-order chi connectivity index (χ1) is 12.7. The second-order valence-electron chi connectivity index (χ2n) is 5.65. The standard InChI is InChI=1S/C20H24N2O4/c1-25-13-12-22-20(24)17-8-5-7-16(14-17)19(23)21-11-10-15-6-3-4-9-18(15)26-2/h3-9,14H,10-13H2,1-2H3,(H,21,23)(H,22,24). The number of methoxy groups -OCH3 is 2. The molecule has 0 radical (unpaired) electrons. The lowest BCUT2D eigenvalue weighted by atomic mass is 10.1. The Morgan fingerprint density at radius 3 is 2.19 bits per heavy atom. The zero-order valence-electron chi connectivity index (χ0n) is 15.1. The molecule has 0 aliphatic heterocycles. The van der Waals surface area contributed by atoms with Crippen LogP contribution in [0.4, 0.5) is 0 Å². The van der Waals surface area contributed by atoms with Crippen molar-refractivity contribution in [3.8, 4) is 5.75 Å². The highest BCUT2D eigenvalue weighted by Crippen LogP contribution is 2.17. The first-order valence-corrected chi connectivity index (χ1v) is 8.43. The van der Waals surface area contributed by atoms with Gasteiger partial charge < -0.3 is 20.1 Å². The summed E-state index contributed by atoms with van der Waals surface area (Å²) in [5.74, 6) is 0.355. The maximum atomic E-state index is 12.3. The van der Waals surface area contributed by atoms with Gasteiger partial charge in [0.25, 0.3) is 11.8 Å². The summed E-state index contributed by atoms with van der Waals surface area (Å²) in [4.78, 5) is 24.4. The molecule has 2 amide bonds.